The zero-order valence-corrected chi connectivity index (χ0v) is 8.51. The number of aromatic amines is 1. The first-order valence-corrected chi connectivity index (χ1v) is 5.06. The molecule has 0 aliphatic rings. The van der Waals surface area contributed by atoms with Crippen LogP contribution in [-0.4, -0.2) is 15.1 Å². The van der Waals surface area contributed by atoms with Crippen LogP contribution in [0.5, 0.6) is 5.75 Å². The van der Waals surface area contributed by atoms with E-state index in [0.29, 0.717) is 5.65 Å². The number of nitrogens with zero attached hydrogens (tertiary/aromatic N) is 1. The Morgan fingerprint density at radius 2 is 1.88 bits per heavy atom. The van der Waals surface area contributed by atoms with Gasteiger partial charge in [-0.15, -0.1) is 0 Å². The number of pyridine rings is 1. The summed E-state index contributed by atoms with van der Waals surface area (Å²) in [6.45, 7) is 0. The highest BCUT2D eigenvalue weighted by Gasteiger charge is 2.05. The van der Waals surface area contributed by atoms with Crippen molar-refractivity contribution >= 4 is 11.0 Å². The van der Waals surface area contributed by atoms with Crippen molar-refractivity contribution in [1.29, 1.82) is 0 Å². The Morgan fingerprint density at radius 3 is 2.69 bits per heavy atom. The van der Waals surface area contributed by atoms with Gasteiger partial charge in [-0.3, -0.25) is 0 Å². The highest BCUT2D eigenvalue weighted by molar-refractivity contribution is 5.86. The maximum Gasteiger partial charge on any atom is 0.142 e. The minimum absolute atomic E-state index is 0.236. The summed E-state index contributed by atoms with van der Waals surface area (Å²) in [6, 6.07) is 11.9. The molecule has 3 aromatic rings. The van der Waals surface area contributed by atoms with Crippen LogP contribution in [0.15, 0.2) is 48.8 Å². The summed E-state index contributed by atoms with van der Waals surface area (Å²) in [4.78, 5) is 7.17. The molecule has 0 radical (unpaired) electrons. The Morgan fingerprint density at radius 1 is 1.06 bits per heavy atom. The molecule has 0 aliphatic carbocycles. The third-order valence-electron chi connectivity index (χ3n) is 2.62. The SMILES string of the molecule is Oc1c[nH]c2ncc(-c3ccccc3)cc12. The van der Waals surface area contributed by atoms with Crippen molar-refractivity contribution in [1.82, 2.24) is 9.97 Å². The van der Waals surface area contributed by atoms with E-state index in [0.717, 1.165) is 16.5 Å². The van der Waals surface area contributed by atoms with Crippen LogP contribution in [0.1, 0.15) is 0 Å². The number of aromatic nitrogens is 2. The van der Waals surface area contributed by atoms with E-state index in [1.807, 2.05) is 36.4 Å². The first kappa shape index (κ1) is 8.97. The van der Waals surface area contributed by atoms with Gasteiger partial charge in [-0.2, -0.15) is 0 Å². The number of hydrogen-bond acceptors (Lipinski definition) is 2. The van der Waals surface area contributed by atoms with E-state index in [1.165, 1.54) is 0 Å². The summed E-state index contributed by atoms with van der Waals surface area (Å²) in [6.07, 6.45) is 3.35. The molecule has 16 heavy (non-hydrogen) atoms. The van der Waals surface area contributed by atoms with Crippen LogP contribution < -0.4 is 0 Å². The fourth-order valence-corrected chi connectivity index (χ4v) is 1.78. The molecule has 0 unspecified atom stereocenters. The zero-order valence-electron chi connectivity index (χ0n) is 8.51. The lowest BCUT2D eigenvalue weighted by Gasteiger charge is -2.00. The molecule has 0 atom stereocenters. The lowest BCUT2D eigenvalue weighted by molar-refractivity contribution is 0.481. The molecule has 0 saturated heterocycles. The van der Waals surface area contributed by atoms with Gasteiger partial charge in [0.05, 0.1) is 5.39 Å². The van der Waals surface area contributed by atoms with E-state index in [1.54, 1.807) is 12.4 Å². The largest absolute Gasteiger partial charge is 0.506 e. The molecule has 0 spiro atoms. The lowest BCUT2D eigenvalue weighted by Crippen LogP contribution is -1.80. The number of fused-ring (bicyclic) bond motifs is 1. The normalized spacial score (nSPS) is 10.8. The summed E-state index contributed by atoms with van der Waals surface area (Å²) in [5.74, 6) is 0.236. The van der Waals surface area contributed by atoms with E-state index in [-0.39, 0.29) is 5.75 Å². The Bertz CT molecular complexity index is 629. The van der Waals surface area contributed by atoms with Gasteiger partial charge in [-0.1, -0.05) is 30.3 Å². The fraction of sp³-hybridized carbons (Fsp3) is 0. The maximum absolute atomic E-state index is 9.61. The molecule has 0 fully saturated rings. The third kappa shape index (κ3) is 1.34. The van der Waals surface area contributed by atoms with Crippen molar-refractivity contribution in [2.24, 2.45) is 0 Å². The van der Waals surface area contributed by atoms with E-state index >= 15 is 0 Å². The van der Waals surface area contributed by atoms with Crippen molar-refractivity contribution in [3.05, 3.63) is 48.8 Å². The van der Waals surface area contributed by atoms with Gasteiger partial charge in [0.15, 0.2) is 0 Å². The van der Waals surface area contributed by atoms with Crippen molar-refractivity contribution < 1.29 is 5.11 Å². The highest BCUT2D eigenvalue weighted by Crippen LogP contribution is 2.27. The Hall–Kier alpha value is -2.29. The molecule has 2 aromatic heterocycles. The number of rotatable bonds is 1. The molecule has 0 amide bonds. The fourth-order valence-electron chi connectivity index (χ4n) is 1.78. The molecule has 0 saturated carbocycles. The minimum atomic E-state index is 0.236. The van der Waals surface area contributed by atoms with E-state index in [9.17, 15) is 5.11 Å². The van der Waals surface area contributed by atoms with Gasteiger partial charge in [0.25, 0.3) is 0 Å². The molecular formula is C13H10N2O. The molecular weight excluding hydrogens is 200 g/mol. The molecule has 3 heteroatoms. The monoisotopic (exact) mass is 210 g/mol. The van der Waals surface area contributed by atoms with Crippen molar-refractivity contribution in [3.8, 4) is 16.9 Å². The highest BCUT2D eigenvalue weighted by atomic mass is 16.3. The molecule has 3 rings (SSSR count). The summed E-state index contributed by atoms with van der Waals surface area (Å²) in [5, 5.41) is 10.4. The number of H-pyrrole nitrogens is 1. The average Bonchev–Trinajstić information content (AvgIpc) is 2.72. The summed E-state index contributed by atoms with van der Waals surface area (Å²) < 4.78 is 0. The molecule has 0 bridgehead atoms. The minimum Gasteiger partial charge on any atom is -0.506 e. The quantitative estimate of drug-likeness (QED) is 0.648. The first-order chi connectivity index (χ1) is 7.84. The van der Waals surface area contributed by atoms with Gasteiger partial charge in [0, 0.05) is 18.0 Å². The van der Waals surface area contributed by atoms with Crippen LogP contribution in [0.3, 0.4) is 0 Å². The Labute approximate surface area is 92.4 Å². The van der Waals surface area contributed by atoms with E-state index < -0.39 is 0 Å². The number of aromatic hydroxyl groups is 1. The van der Waals surface area contributed by atoms with Crippen LogP contribution in [0.25, 0.3) is 22.2 Å². The van der Waals surface area contributed by atoms with Crippen LogP contribution in [0, 0.1) is 0 Å². The molecule has 2 heterocycles. The lowest BCUT2D eigenvalue weighted by atomic mass is 10.1. The maximum atomic E-state index is 9.61. The van der Waals surface area contributed by atoms with Crippen LogP contribution in [0.2, 0.25) is 0 Å². The van der Waals surface area contributed by atoms with Gasteiger partial charge < -0.3 is 10.1 Å². The molecule has 78 valence electrons. The average molecular weight is 210 g/mol. The third-order valence-corrected chi connectivity index (χ3v) is 2.62. The van der Waals surface area contributed by atoms with Gasteiger partial charge in [0.1, 0.15) is 11.4 Å². The van der Waals surface area contributed by atoms with Gasteiger partial charge in [-0.05, 0) is 11.6 Å². The molecule has 2 N–H and O–H groups in total. The number of benzene rings is 1. The second-order valence-electron chi connectivity index (χ2n) is 3.66. The van der Waals surface area contributed by atoms with Crippen LogP contribution in [0.4, 0.5) is 0 Å². The molecule has 0 aliphatic heterocycles. The van der Waals surface area contributed by atoms with Crippen molar-refractivity contribution in [2.45, 2.75) is 0 Å². The number of hydrogen-bond donors (Lipinski definition) is 2. The van der Waals surface area contributed by atoms with E-state index in [4.69, 9.17) is 0 Å². The standard InChI is InChI=1S/C13H10N2O/c16-12-8-15-13-11(12)6-10(7-14-13)9-4-2-1-3-5-9/h1-8,16H,(H,14,15). The van der Waals surface area contributed by atoms with Crippen molar-refractivity contribution in [2.75, 3.05) is 0 Å². The smallest absolute Gasteiger partial charge is 0.142 e. The zero-order chi connectivity index (χ0) is 11.0. The second-order valence-corrected chi connectivity index (χ2v) is 3.66. The molecule has 1 aromatic carbocycles. The van der Waals surface area contributed by atoms with Gasteiger partial charge >= 0.3 is 0 Å². The topological polar surface area (TPSA) is 48.9 Å². The summed E-state index contributed by atoms with van der Waals surface area (Å²) in [7, 11) is 0. The second kappa shape index (κ2) is 3.38. The first-order valence-electron chi connectivity index (χ1n) is 5.06. The predicted molar refractivity (Wildman–Crippen MR) is 63.2 cm³/mol. The van der Waals surface area contributed by atoms with Gasteiger partial charge in [0.2, 0.25) is 0 Å². The Kier molecular flexibility index (Phi) is 1.90. The molecule has 3 nitrogen and oxygen atoms in total. The van der Waals surface area contributed by atoms with Crippen molar-refractivity contribution in [3.63, 3.8) is 0 Å². The van der Waals surface area contributed by atoms with Gasteiger partial charge in [-0.25, -0.2) is 4.98 Å². The Balaban J connectivity index is 2.22. The predicted octanol–water partition coefficient (Wildman–Crippen LogP) is 2.94. The summed E-state index contributed by atoms with van der Waals surface area (Å²) in [5.41, 5.74) is 2.80. The van der Waals surface area contributed by atoms with Crippen LogP contribution >= 0.6 is 0 Å². The number of nitrogens with one attached hydrogen (secondary N) is 1. The van der Waals surface area contributed by atoms with E-state index in [2.05, 4.69) is 9.97 Å². The summed E-state index contributed by atoms with van der Waals surface area (Å²) >= 11 is 0. The van der Waals surface area contributed by atoms with Crippen LogP contribution in [-0.2, 0) is 0 Å².